The Labute approximate surface area is 90.1 Å². The van der Waals surface area contributed by atoms with Crippen LogP contribution in [-0.4, -0.2) is 16.4 Å². The van der Waals surface area contributed by atoms with Crippen LogP contribution < -0.4 is 0 Å². The minimum absolute atomic E-state index is 0.175. The summed E-state index contributed by atoms with van der Waals surface area (Å²) in [6.45, 7) is 17.0. The van der Waals surface area contributed by atoms with Crippen LogP contribution in [0.1, 0.15) is 55.4 Å². The first kappa shape index (κ1) is 14.3. The molecule has 0 bridgehead atoms. The van der Waals surface area contributed by atoms with Gasteiger partial charge in [-0.1, -0.05) is 34.6 Å². The van der Waals surface area contributed by atoms with Crippen molar-refractivity contribution in [3.63, 3.8) is 0 Å². The second kappa shape index (κ2) is 4.92. The fourth-order valence-electron chi connectivity index (χ4n) is 1.12. The predicted molar refractivity (Wildman–Crippen MR) is 63.7 cm³/mol. The van der Waals surface area contributed by atoms with Gasteiger partial charge in [-0.25, -0.2) is 9.56 Å². The topological polar surface area (TPSA) is 18.5 Å². The summed E-state index contributed by atoms with van der Waals surface area (Å²) in [5, 5.41) is 0.175. The van der Waals surface area contributed by atoms with Crippen LogP contribution in [0.2, 0.25) is 0 Å². The van der Waals surface area contributed by atoms with Crippen LogP contribution >= 0.6 is 8.15 Å². The van der Waals surface area contributed by atoms with Crippen molar-refractivity contribution in [2.75, 3.05) is 0 Å². The Bertz CT molecular complexity index is 165. The molecule has 2 nitrogen and oxygen atoms in total. The van der Waals surface area contributed by atoms with E-state index < -0.39 is 8.15 Å². The van der Waals surface area contributed by atoms with E-state index in [1.807, 2.05) is 20.8 Å². The third-order valence-electron chi connectivity index (χ3n) is 1.50. The maximum absolute atomic E-state index is 5.60. The number of rotatable bonds is 3. The summed E-state index contributed by atoms with van der Waals surface area (Å²) in [6, 6.07) is 0. The number of hydrogen-bond acceptors (Lipinski definition) is 2. The summed E-state index contributed by atoms with van der Waals surface area (Å²) in [7, 11) is -0.547. The van der Waals surface area contributed by atoms with Gasteiger partial charge in [-0.3, -0.25) is 0 Å². The molecule has 0 aromatic heterocycles. The second-order valence-electron chi connectivity index (χ2n) is 5.86. The highest BCUT2D eigenvalue weighted by Gasteiger charge is 2.31. The molecule has 0 fully saturated rings. The lowest BCUT2D eigenvalue weighted by Crippen LogP contribution is -2.24. The molecule has 0 radical (unpaired) electrons. The van der Waals surface area contributed by atoms with E-state index in [0.717, 1.165) is 0 Å². The molecule has 3 heteroatoms. The molecular formula is C11H25O2P. The van der Waals surface area contributed by atoms with Gasteiger partial charge in [-0.15, -0.1) is 0 Å². The monoisotopic (exact) mass is 220 g/mol. The maximum Gasteiger partial charge on any atom is 0.0955 e. The zero-order valence-corrected chi connectivity index (χ0v) is 11.7. The van der Waals surface area contributed by atoms with Gasteiger partial charge in [-0.2, -0.15) is 0 Å². The highest BCUT2D eigenvalue weighted by atomic mass is 31.1. The van der Waals surface area contributed by atoms with Gasteiger partial charge >= 0.3 is 0 Å². The van der Waals surface area contributed by atoms with E-state index >= 15 is 0 Å². The van der Waals surface area contributed by atoms with Crippen molar-refractivity contribution in [2.24, 2.45) is 0 Å². The summed E-state index contributed by atoms with van der Waals surface area (Å²) in [4.78, 5) is 5.41. The van der Waals surface area contributed by atoms with Gasteiger partial charge in [0.2, 0.25) is 0 Å². The molecule has 0 aliphatic carbocycles. The predicted octanol–water partition coefficient (Wildman–Crippen LogP) is 4.34. The largest absolute Gasteiger partial charge is 0.228 e. The third-order valence-corrected chi connectivity index (χ3v) is 3.99. The summed E-state index contributed by atoms with van der Waals surface area (Å²) < 4.78 is 5.60. The Balaban J connectivity index is 4.27. The van der Waals surface area contributed by atoms with Crippen LogP contribution in [0.5, 0.6) is 0 Å². The normalized spacial score (nSPS) is 16.1. The summed E-state index contributed by atoms with van der Waals surface area (Å²) >= 11 is 0. The Morgan fingerprint density at radius 1 is 0.929 bits per heavy atom. The molecule has 0 aliphatic heterocycles. The first-order chi connectivity index (χ1) is 6.04. The molecule has 0 heterocycles. The molecule has 0 saturated heterocycles. The molecular weight excluding hydrogens is 195 g/mol. The van der Waals surface area contributed by atoms with E-state index in [-0.39, 0.29) is 10.8 Å². The molecule has 86 valence electrons. The van der Waals surface area contributed by atoms with Crippen molar-refractivity contribution >= 4 is 8.15 Å². The van der Waals surface area contributed by atoms with Gasteiger partial charge in [-0.05, 0) is 20.8 Å². The molecule has 0 aromatic carbocycles. The van der Waals surface area contributed by atoms with Crippen molar-refractivity contribution < 1.29 is 9.56 Å². The minimum Gasteiger partial charge on any atom is -0.228 e. The van der Waals surface area contributed by atoms with Gasteiger partial charge in [0.1, 0.15) is 0 Å². The molecule has 1 unspecified atom stereocenters. The van der Waals surface area contributed by atoms with Crippen LogP contribution in [0.25, 0.3) is 0 Å². The van der Waals surface area contributed by atoms with E-state index in [0.29, 0.717) is 5.66 Å². The summed E-state index contributed by atoms with van der Waals surface area (Å²) in [5.41, 5.74) is 0.299. The van der Waals surface area contributed by atoms with Crippen LogP contribution in [-0.2, 0) is 9.56 Å². The van der Waals surface area contributed by atoms with Crippen LogP contribution in [0.4, 0.5) is 0 Å². The molecule has 0 aliphatic rings. The van der Waals surface area contributed by atoms with E-state index in [2.05, 4.69) is 34.6 Å². The zero-order chi connectivity index (χ0) is 11.6. The van der Waals surface area contributed by atoms with E-state index in [1.54, 1.807) is 0 Å². The quantitative estimate of drug-likeness (QED) is 0.400. The van der Waals surface area contributed by atoms with Crippen LogP contribution in [0.15, 0.2) is 0 Å². The van der Waals surface area contributed by atoms with E-state index in [4.69, 9.17) is 9.56 Å². The average Bonchev–Trinajstić information content (AvgIpc) is 1.79. The highest BCUT2D eigenvalue weighted by Crippen LogP contribution is 2.54. The van der Waals surface area contributed by atoms with Crippen molar-refractivity contribution in [1.29, 1.82) is 0 Å². The standard InChI is InChI=1S/C11H25O2P/c1-9(2)14(11(6,7)8)13-12-10(3,4)5/h9H,1-8H3. The van der Waals surface area contributed by atoms with Crippen molar-refractivity contribution in [3.05, 3.63) is 0 Å². The molecule has 1 atom stereocenters. The molecule has 0 saturated carbocycles. The second-order valence-corrected chi connectivity index (χ2v) is 9.04. The zero-order valence-electron chi connectivity index (χ0n) is 10.8. The molecule has 0 aromatic rings. The lowest BCUT2D eigenvalue weighted by atomic mass is 10.2. The van der Waals surface area contributed by atoms with Gasteiger partial charge in [0.25, 0.3) is 0 Å². The van der Waals surface area contributed by atoms with Gasteiger partial charge in [0.15, 0.2) is 0 Å². The first-order valence-corrected chi connectivity index (χ1v) is 6.52. The van der Waals surface area contributed by atoms with Crippen molar-refractivity contribution in [2.45, 2.75) is 71.8 Å². The fraction of sp³-hybridized carbons (Fsp3) is 1.00. The van der Waals surface area contributed by atoms with E-state index in [1.165, 1.54) is 0 Å². The average molecular weight is 220 g/mol. The third kappa shape index (κ3) is 5.95. The van der Waals surface area contributed by atoms with Gasteiger partial charge < -0.3 is 0 Å². The summed E-state index contributed by atoms with van der Waals surface area (Å²) in [5.74, 6) is 0. The Hall–Kier alpha value is 0.350. The Kier molecular flexibility index (Phi) is 5.04. The van der Waals surface area contributed by atoms with Crippen LogP contribution in [0.3, 0.4) is 0 Å². The smallest absolute Gasteiger partial charge is 0.0955 e. The lowest BCUT2D eigenvalue weighted by molar-refractivity contribution is -0.271. The van der Waals surface area contributed by atoms with Crippen LogP contribution in [0, 0.1) is 0 Å². The molecule has 0 spiro atoms. The summed E-state index contributed by atoms with van der Waals surface area (Å²) in [6.07, 6.45) is 0. The first-order valence-electron chi connectivity index (χ1n) is 5.19. The molecule has 0 N–H and O–H groups in total. The SMILES string of the molecule is CC(C)P(OOC(C)(C)C)C(C)(C)C. The number of hydrogen-bond donors (Lipinski definition) is 0. The Morgan fingerprint density at radius 3 is 1.57 bits per heavy atom. The molecule has 0 amide bonds. The van der Waals surface area contributed by atoms with Crippen molar-refractivity contribution in [3.8, 4) is 0 Å². The minimum atomic E-state index is -0.547. The van der Waals surface area contributed by atoms with Gasteiger partial charge in [0.05, 0.1) is 13.7 Å². The molecule has 0 rings (SSSR count). The highest BCUT2D eigenvalue weighted by molar-refractivity contribution is 7.54. The molecule has 14 heavy (non-hydrogen) atoms. The Morgan fingerprint density at radius 2 is 1.36 bits per heavy atom. The van der Waals surface area contributed by atoms with E-state index in [9.17, 15) is 0 Å². The lowest BCUT2D eigenvalue weighted by Gasteiger charge is -2.34. The van der Waals surface area contributed by atoms with Crippen molar-refractivity contribution in [1.82, 2.24) is 0 Å². The maximum atomic E-state index is 5.60. The fourth-order valence-corrected chi connectivity index (χ4v) is 3.37. The van der Waals surface area contributed by atoms with Gasteiger partial charge in [0, 0.05) is 10.8 Å².